The van der Waals surface area contributed by atoms with E-state index in [2.05, 4.69) is 15.9 Å². The predicted molar refractivity (Wildman–Crippen MR) is 78.0 cm³/mol. The van der Waals surface area contributed by atoms with Crippen LogP contribution in [0.5, 0.6) is 0 Å². The molecule has 0 bridgehead atoms. The summed E-state index contributed by atoms with van der Waals surface area (Å²) < 4.78 is 10.8. The third kappa shape index (κ3) is 2.85. The number of hydrogen-bond acceptors (Lipinski definition) is 5. The van der Waals surface area contributed by atoms with Gasteiger partial charge < -0.3 is 9.47 Å². The van der Waals surface area contributed by atoms with Crippen LogP contribution >= 0.6 is 15.9 Å². The van der Waals surface area contributed by atoms with Crippen molar-refractivity contribution >= 4 is 33.7 Å². The van der Waals surface area contributed by atoms with Crippen LogP contribution in [0, 0.1) is 0 Å². The molecule has 1 heterocycles. The smallest absolute Gasteiger partial charge is 0.375 e. The van der Waals surface area contributed by atoms with Gasteiger partial charge in [-0.15, -0.1) is 0 Å². The summed E-state index contributed by atoms with van der Waals surface area (Å²) >= 11 is 3.31. The summed E-state index contributed by atoms with van der Waals surface area (Å²) in [5, 5.41) is 0. The largest absolute Gasteiger partial charge is 0.460 e. The van der Waals surface area contributed by atoms with Crippen LogP contribution in [-0.4, -0.2) is 29.9 Å². The lowest BCUT2D eigenvalue weighted by molar-refractivity contribution is -0.157. The summed E-state index contributed by atoms with van der Waals surface area (Å²) in [5.74, 6) is -3.02. The van der Waals surface area contributed by atoms with Crippen LogP contribution < -0.4 is 0 Å². The molecule has 5 nitrogen and oxygen atoms in total. The van der Waals surface area contributed by atoms with E-state index in [-0.39, 0.29) is 6.61 Å². The first-order valence-corrected chi connectivity index (χ1v) is 7.31. The van der Waals surface area contributed by atoms with Gasteiger partial charge in [0, 0.05) is 4.47 Å². The van der Waals surface area contributed by atoms with Crippen LogP contribution in [0.1, 0.15) is 42.6 Å². The first-order valence-electron chi connectivity index (χ1n) is 6.51. The van der Waals surface area contributed by atoms with E-state index in [1.165, 1.54) is 0 Å². The molecule has 0 aliphatic carbocycles. The van der Waals surface area contributed by atoms with Crippen molar-refractivity contribution < 1.29 is 23.9 Å². The Labute approximate surface area is 130 Å². The zero-order valence-electron chi connectivity index (χ0n) is 11.9. The fourth-order valence-electron chi connectivity index (χ4n) is 2.46. The molecule has 2 rings (SSSR count). The molecule has 1 aromatic rings. The lowest BCUT2D eigenvalue weighted by atomic mass is 9.77. The summed E-state index contributed by atoms with van der Waals surface area (Å²) in [7, 11) is 0. The number of ether oxygens (including phenoxy) is 2. The molecule has 112 valence electrons. The average Bonchev–Trinajstić information content (AvgIpc) is 2.37. The summed E-state index contributed by atoms with van der Waals surface area (Å²) in [5.41, 5.74) is -0.349. The van der Waals surface area contributed by atoms with Crippen LogP contribution in [0.3, 0.4) is 0 Å². The first-order chi connectivity index (χ1) is 9.77. The molecule has 0 aromatic heterocycles. The fraction of sp³-hybridized carbons (Fsp3) is 0.400. The summed E-state index contributed by atoms with van der Waals surface area (Å²) in [6.45, 7) is 4.96. The SMILES string of the molecule is CCOC(=O)C(=O)C1c2cc(Br)ccc2C(=O)OC1(C)C. The maximum Gasteiger partial charge on any atom is 0.375 e. The van der Waals surface area contributed by atoms with E-state index in [1.54, 1.807) is 39.0 Å². The van der Waals surface area contributed by atoms with Gasteiger partial charge >= 0.3 is 11.9 Å². The van der Waals surface area contributed by atoms with Gasteiger partial charge in [-0.1, -0.05) is 15.9 Å². The first kappa shape index (κ1) is 15.7. The molecule has 1 aliphatic heterocycles. The van der Waals surface area contributed by atoms with Gasteiger partial charge in [0.15, 0.2) is 0 Å². The highest BCUT2D eigenvalue weighted by Gasteiger charge is 2.48. The Morgan fingerprint density at radius 3 is 2.67 bits per heavy atom. The second-order valence-electron chi connectivity index (χ2n) is 5.24. The number of cyclic esters (lactones) is 1. The maximum absolute atomic E-state index is 12.4. The van der Waals surface area contributed by atoms with Crippen molar-refractivity contribution in [2.24, 2.45) is 0 Å². The minimum absolute atomic E-state index is 0.114. The molecule has 0 radical (unpaired) electrons. The number of carbonyl (C=O) groups excluding carboxylic acids is 3. The number of esters is 2. The van der Waals surface area contributed by atoms with Crippen molar-refractivity contribution in [1.29, 1.82) is 0 Å². The summed E-state index contributed by atoms with van der Waals surface area (Å²) in [4.78, 5) is 36.2. The molecule has 1 atom stereocenters. The van der Waals surface area contributed by atoms with E-state index in [4.69, 9.17) is 9.47 Å². The minimum Gasteiger partial charge on any atom is -0.460 e. The van der Waals surface area contributed by atoms with Crippen molar-refractivity contribution in [2.75, 3.05) is 6.61 Å². The van der Waals surface area contributed by atoms with Crippen LogP contribution in [0.25, 0.3) is 0 Å². The highest BCUT2D eigenvalue weighted by atomic mass is 79.9. The third-order valence-electron chi connectivity index (χ3n) is 3.33. The molecule has 0 saturated heterocycles. The number of rotatable bonds is 3. The van der Waals surface area contributed by atoms with Crippen molar-refractivity contribution in [1.82, 2.24) is 0 Å². The Morgan fingerprint density at radius 1 is 1.38 bits per heavy atom. The normalized spacial score (nSPS) is 19.4. The molecule has 0 amide bonds. The fourth-order valence-corrected chi connectivity index (χ4v) is 2.84. The van der Waals surface area contributed by atoms with Crippen LogP contribution in [0.2, 0.25) is 0 Å². The van der Waals surface area contributed by atoms with Crippen LogP contribution in [0.4, 0.5) is 0 Å². The number of Topliss-reactive ketones (excluding diaryl/α,β-unsaturated/α-hetero) is 1. The molecule has 1 aliphatic rings. The second-order valence-corrected chi connectivity index (χ2v) is 6.16. The Morgan fingerprint density at radius 2 is 2.05 bits per heavy atom. The number of ketones is 1. The van der Waals surface area contributed by atoms with Crippen molar-refractivity contribution in [3.63, 3.8) is 0 Å². The van der Waals surface area contributed by atoms with Crippen molar-refractivity contribution in [3.8, 4) is 0 Å². The van der Waals surface area contributed by atoms with Crippen LogP contribution in [0.15, 0.2) is 22.7 Å². The van der Waals surface area contributed by atoms with Gasteiger partial charge in [-0.05, 0) is 44.5 Å². The molecule has 1 aromatic carbocycles. The van der Waals surface area contributed by atoms with E-state index in [1.807, 2.05) is 0 Å². The number of hydrogen-bond donors (Lipinski definition) is 0. The van der Waals surface area contributed by atoms with Gasteiger partial charge in [0.05, 0.1) is 18.1 Å². The Balaban J connectivity index is 2.55. The third-order valence-corrected chi connectivity index (χ3v) is 3.83. The highest BCUT2D eigenvalue weighted by Crippen LogP contribution is 2.40. The van der Waals surface area contributed by atoms with Gasteiger partial charge in [-0.25, -0.2) is 9.59 Å². The Bertz CT molecular complexity index is 620. The van der Waals surface area contributed by atoms with Gasteiger partial charge in [-0.3, -0.25) is 4.79 Å². The Kier molecular flexibility index (Phi) is 4.18. The van der Waals surface area contributed by atoms with Gasteiger partial charge in [0.25, 0.3) is 5.78 Å². The summed E-state index contributed by atoms with van der Waals surface area (Å²) in [6.07, 6.45) is 0. The number of carbonyl (C=O) groups is 3. The lowest BCUT2D eigenvalue weighted by Crippen LogP contribution is -2.46. The molecule has 0 saturated carbocycles. The van der Waals surface area contributed by atoms with E-state index >= 15 is 0 Å². The van der Waals surface area contributed by atoms with E-state index in [0.29, 0.717) is 15.6 Å². The van der Waals surface area contributed by atoms with Gasteiger partial charge in [0.1, 0.15) is 5.60 Å². The lowest BCUT2D eigenvalue weighted by Gasteiger charge is -2.37. The molecule has 0 fully saturated rings. The van der Waals surface area contributed by atoms with E-state index < -0.39 is 29.2 Å². The molecular formula is C15H15BrO5. The molecule has 6 heteroatoms. The minimum atomic E-state index is -1.12. The van der Waals surface area contributed by atoms with Gasteiger partial charge in [-0.2, -0.15) is 0 Å². The van der Waals surface area contributed by atoms with E-state index in [9.17, 15) is 14.4 Å². The standard InChI is InChI=1S/C15H15BrO5/c1-4-20-14(19)12(17)11-10-7-8(16)5-6-9(10)13(18)21-15(11,2)3/h5-7,11H,4H2,1-3H3. The number of fused-ring (bicyclic) bond motifs is 1. The number of benzene rings is 1. The molecule has 0 spiro atoms. The van der Waals surface area contributed by atoms with Crippen molar-refractivity contribution in [3.05, 3.63) is 33.8 Å². The number of halogens is 1. The quantitative estimate of drug-likeness (QED) is 0.616. The monoisotopic (exact) mass is 354 g/mol. The molecule has 0 N–H and O–H groups in total. The average molecular weight is 355 g/mol. The van der Waals surface area contributed by atoms with Gasteiger partial charge in [0.2, 0.25) is 0 Å². The Hall–Kier alpha value is -1.69. The molecule has 21 heavy (non-hydrogen) atoms. The topological polar surface area (TPSA) is 69.7 Å². The zero-order chi connectivity index (χ0) is 15.8. The predicted octanol–water partition coefficient (Wildman–Crippen LogP) is 2.61. The maximum atomic E-state index is 12.4. The van der Waals surface area contributed by atoms with E-state index in [0.717, 1.165) is 0 Å². The molecule has 1 unspecified atom stereocenters. The molecular weight excluding hydrogens is 340 g/mol. The highest BCUT2D eigenvalue weighted by molar-refractivity contribution is 9.10. The van der Waals surface area contributed by atoms with Crippen molar-refractivity contribution in [2.45, 2.75) is 32.3 Å². The summed E-state index contributed by atoms with van der Waals surface area (Å²) in [6, 6.07) is 4.92. The second kappa shape index (κ2) is 5.60. The zero-order valence-corrected chi connectivity index (χ0v) is 13.5. The van der Waals surface area contributed by atoms with Crippen LogP contribution in [-0.2, 0) is 19.1 Å².